The van der Waals surface area contributed by atoms with E-state index in [0.29, 0.717) is 6.42 Å². The topological polar surface area (TPSA) is 122 Å². The van der Waals surface area contributed by atoms with Crippen molar-refractivity contribution in [1.82, 2.24) is 10.6 Å². The quantitative estimate of drug-likeness (QED) is 0.414. The number of carboxylic acid groups (broad SMARTS) is 1. The Labute approximate surface area is 183 Å². The molecular weight excluding hydrogens is 394 g/mol. The van der Waals surface area contributed by atoms with Gasteiger partial charge in [-0.3, -0.25) is 19.7 Å². The highest BCUT2D eigenvalue weighted by molar-refractivity contribution is 5.89. The van der Waals surface area contributed by atoms with E-state index in [1.807, 2.05) is 74.5 Å². The highest BCUT2D eigenvalue weighted by Crippen LogP contribution is 2.10. The molecule has 2 rings (SSSR count). The molecule has 7 nitrogen and oxygen atoms in total. The lowest BCUT2D eigenvalue weighted by Crippen LogP contribution is -2.56. The Kier molecular flexibility index (Phi) is 9.21. The summed E-state index contributed by atoms with van der Waals surface area (Å²) in [6.07, 6.45) is 0.914. The molecule has 0 aliphatic rings. The molecule has 2 aromatic carbocycles. The number of primary amides is 1. The summed E-state index contributed by atoms with van der Waals surface area (Å²) in [7, 11) is 0. The molecule has 166 valence electrons. The maximum atomic E-state index is 13.1. The largest absolute Gasteiger partial charge is 0.480 e. The van der Waals surface area contributed by atoms with Crippen molar-refractivity contribution < 1.29 is 19.5 Å². The van der Waals surface area contributed by atoms with Crippen LogP contribution in [0, 0.1) is 5.92 Å². The zero-order chi connectivity index (χ0) is 22.8. The molecule has 5 N–H and O–H groups in total. The summed E-state index contributed by atoms with van der Waals surface area (Å²) in [6, 6.07) is 16.0. The van der Waals surface area contributed by atoms with Crippen molar-refractivity contribution in [1.29, 1.82) is 0 Å². The van der Waals surface area contributed by atoms with Gasteiger partial charge in [0, 0.05) is 6.42 Å². The summed E-state index contributed by atoms with van der Waals surface area (Å²) in [5, 5.41) is 15.3. The number of hydrogen-bond donors (Lipinski definition) is 4. The van der Waals surface area contributed by atoms with Gasteiger partial charge in [0.05, 0.1) is 6.04 Å². The van der Waals surface area contributed by atoms with Crippen molar-refractivity contribution in [2.24, 2.45) is 11.7 Å². The normalized spacial score (nSPS) is 13.9. The fraction of sp³-hybridized carbons (Fsp3) is 0.375. The fourth-order valence-electron chi connectivity index (χ4n) is 3.38. The van der Waals surface area contributed by atoms with E-state index >= 15 is 0 Å². The van der Waals surface area contributed by atoms with Gasteiger partial charge in [-0.1, -0.05) is 74.5 Å². The fourth-order valence-corrected chi connectivity index (χ4v) is 3.38. The predicted molar refractivity (Wildman–Crippen MR) is 119 cm³/mol. The first-order valence-corrected chi connectivity index (χ1v) is 10.4. The van der Waals surface area contributed by atoms with Crippen molar-refractivity contribution >= 4 is 17.8 Å². The standard InChI is InChI=1S/C24H31N3O4/c1-16(2)13-21(24(30)31)26-20(15-18-11-7-4-8-12-18)23(29)27-19(22(25)28)14-17-9-5-3-6-10-17/h3-12,16,19-21,26H,13-15H2,1-2H3,(H2,25,28)(H,27,29)(H,30,31)/t19-,20-,21?/m0/s1. The average Bonchev–Trinajstić information content (AvgIpc) is 2.73. The molecule has 0 radical (unpaired) electrons. The number of carbonyl (C=O) groups is 3. The number of aliphatic carboxylic acids is 1. The molecule has 3 atom stereocenters. The van der Waals surface area contributed by atoms with Crippen LogP contribution < -0.4 is 16.4 Å². The van der Waals surface area contributed by atoms with Gasteiger partial charge < -0.3 is 16.2 Å². The van der Waals surface area contributed by atoms with Crippen LogP contribution in [-0.4, -0.2) is 41.0 Å². The Morgan fingerprint density at radius 3 is 1.74 bits per heavy atom. The van der Waals surface area contributed by atoms with E-state index in [1.165, 1.54) is 0 Å². The molecule has 0 bridgehead atoms. The van der Waals surface area contributed by atoms with Crippen LogP contribution in [-0.2, 0) is 27.2 Å². The second-order valence-corrected chi connectivity index (χ2v) is 8.08. The molecule has 0 aliphatic heterocycles. The molecule has 31 heavy (non-hydrogen) atoms. The third-order valence-corrected chi connectivity index (χ3v) is 4.95. The third kappa shape index (κ3) is 8.22. The lowest BCUT2D eigenvalue weighted by Gasteiger charge is -2.26. The SMILES string of the molecule is CC(C)CC(N[C@@H](Cc1ccccc1)C(=O)N[C@@H](Cc1ccccc1)C(N)=O)C(=O)O. The molecule has 0 aromatic heterocycles. The molecule has 7 heteroatoms. The van der Waals surface area contributed by atoms with Gasteiger partial charge in [-0.2, -0.15) is 0 Å². The van der Waals surface area contributed by atoms with Crippen LogP contribution in [0.4, 0.5) is 0 Å². The Balaban J connectivity index is 2.20. The van der Waals surface area contributed by atoms with Gasteiger partial charge in [-0.15, -0.1) is 0 Å². The summed E-state index contributed by atoms with van der Waals surface area (Å²) < 4.78 is 0. The van der Waals surface area contributed by atoms with Crippen molar-refractivity contribution in [3.63, 3.8) is 0 Å². The molecule has 0 saturated carbocycles. The number of nitrogens with one attached hydrogen (secondary N) is 2. The highest BCUT2D eigenvalue weighted by atomic mass is 16.4. The van der Waals surface area contributed by atoms with Gasteiger partial charge in [-0.25, -0.2) is 0 Å². The molecule has 0 fully saturated rings. The van der Waals surface area contributed by atoms with Crippen LogP contribution in [0.15, 0.2) is 60.7 Å². The van der Waals surface area contributed by atoms with Crippen molar-refractivity contribution in [3.8, 4) is 0 Å². The number of rotatable bonds is 12. The summed E-state index contributed by atoms with van der Waals surface area (Å²) in [6.45, 7) is 3.85. The van der Waals surface area contributed by atoms with Gasteiger partial charge >= 0.3 is 5.97 Å². The minimum Gasteiger partial charge on any atom is -0.480 e. The van der Waals surface area contributed by atoms with Crippen molar-refractivity contribution in [2.45, 2.75) is 51.2 Å². The number of benzene rings is 2. The minimum atomic E-state index is -1.02. The van der Waals surface area contributed by atoms with Gasteiger partial charge in [0.1, 0.15) is 12.1 Å². The zero-order valence-electron chi connectivity index (χ0n) is 18.0. The minimum absolute atomic E-state index is 0.130. The van der Waals surface area contributed by atoms with Gasteiger partial charge in [0.15, 0.2) is 0 Å². The molecule has 0 aliphatic carbocycles. The van der Waals surface area contributed by atoms with Crippen molar-refractivity contribution in [2.75, 3.05) is 0 Å². The van der Waals surface area contributed by atoms with E-state index < -0.39 is 35.9 Å². The first kappa shape index (κ1) is 24.1. The Hall–Kier alpha value is -3.19. The lowest BCUT2D eigenvalue weighted by molar-refractivity contribution is -0.140. The van der Waals surface area contributed by atoms with E-state index in [9.17, 15) is 19.5 Å². The summed E-state index contributed by atoms with van der Waals surface area (Å²) >= 11 is 0. The Bertz CT molecular complexity index is 856. The molecule has 2 amide bonds. The number of nitrogens with two attached hydrogens (primary N) is 1. The summed E-state index contributed by atoms with van der Waals surface area (Å²) in [5.74, 6) is -1.99. The van der Waals surface area contributed by atoms with Gasteiger partial charge in [0.2, 0.25) is 11.8 Å². The van der Waals surface area contributed by atoms with E-state index in [2.05, 4.69) is 10.6 Å². The average molecular weight is 426 g/mol. The second kappa shape index (κ2) is 11.9. The van der Waals surface area contributed by atoms with Gasteiger partial charge in [0.25, 0.3) is 0 Å². The van der Waals surface area contributed by atoms with Crippen LogP contribution in [0.25, 0.3) is 0 Å². The second-order valence-electron chi connectivity index (χ2n) is 8.08. The molecule has 0 heterocycles. The maximum Gasteiger partial charge on any atom is 0.320 e. The third-order valence-electron chi connectivity index (χ3n) is 4.95. The van der Waals surface area contributed by atoms with Crippen LogP contribution in [0.3, 0.4) is 0 Å². The van der Waals surface area contributed by atoms with Crippen LogP contribution in [0.5, 0.6) is 0 Å². The first-order valence-electron chi connectivity index (χ1n) is 10.4. The molecular formula is C24H31N3O4. The monoisotopic (exact) mass is 425 g/mol. The van der Waals surface area contributed by atoms with Crippen molar-refractivity contribution in [3.05, 3.63) is 71.8 Å². The summed E-state index contributed by atoms with van der Waals surface area (Å²) in [4.78, 5) is 36.9. The lowest BCUT2D eigenvalue weighted by atomic mass is 9.99. The summed E-state index contributed by atoms with van der Waals surface area (Å²) in [5.41, 5.74) is 7.27. The smallest absolute Gasteiger partial charge is 0.320 e. The number of carbonyl (C=O) groups excluding carboxylic acids is 2. The van der Waals surface area contributed by atoms with E-state index in [0.717, 1.165) is 11.1 Å². The highest BCUT2D eigenvalue weighted by Gasteiger charge is 2.29. The predicted octanol–water partition coefficient (Wildman–Crippen LogP) is 1.90. The zero-order valence-corrected chi connectivity index (χ0v) is 18.0. The van der Waals surface area contributed by atoms with Crippen LogP contribution in [0.1, 0.15) is 31.4 Å². The first-order chi connectivity index (χ1) is 14.8. The number of carboxylic acids is 1. The maximum absolute atomic E-state index is 13.1. The van der Waals surface area contributed by atoms with E-state index in [-0.39, 0.29) is 18.8 Å². The molecule has 1 unspecified atom stereocenters. The van der Waals surface area contributed by atoms with Crippen LogP contribution in [0.2, 0.25) is 0 Å². The van der Waals surface area contributed by atoms with Gasteiger partial charge in [-0.05, 0) is 29.9 Å². The molecule has 2 aromatic rings. The Morgan fingerprint density at radius 1 is 0.839 bits per heavy atom. The number of amides is 2. The van der Waals surface area contributed by atoms with E-state index in [1.54, 1.807) is 0 Å². The number of hydrogen-bond acceptors (Lipinski definition) is 4. The molecule has 0 saturated heterocycles. The molecule has 0 spiro atoms. The van der Waals surface area contributed by atoms with Crippen LogP contribution >= 0.6 is 0 Å². The Morgan fingerprint density at radius 2 is 1.32 bits per heavy atom. The van der Waals surface area contributed by atoms with E-state index in [4.69, 9.17) is 5.73 Å².